The van der Waals surface area contributed by atoms with Crippen LogP contribution in [-0.2, 0) is 24.3 Å². The van der Waals surface area contributed by atoms with Gasteiger partial charge in [-0.25, -0.2) is 17.5 Å². The maximum absolute atomic E-state index is 13.3. The molecule has 0 fully saturated rings. The third-order valence-electron chi connectivity index (χ3n) is 5.64. The Balaban J connectivity index is 2.03. The van der Waals surface area contributed by atoms with E-state index in [4.69, 9.17) is 25.8 Å². The van der Waals surface area contributed by atoms with Crippen LogP contribution in [0.3, 0.4) is 0 Å². The van der Waals surface area contributed by atoms with Crippen LogP contribution in [0.15, 0.2) is 53.7 Å². The molecule has 38 heavy (non-hydrogen) atoms. The molecule has 1 aromatic carbocycles. The average molecular weight is 569 g/mol. The molecule has 0 aliphatic carbocycles. The summed E-state index contributed by atoms with van der Waals surface area (Å²) in [5.41, 5.74) is -0.863. The van der Waals surface area contributed by atoms with E-state index in [9.17, 15) is 18.0 Å². The van der Waals surface area contributed by atoms with Crippen LogP contribution in [0, 0.1) is 5.92 Å². The molecule has 1 amide bonds. The van der Waals surface area contributed by atoms with E-state index in [2.05, 4.69) is 4.98 Å². The number of nitrogens with zero attached hydrogens (tertiary/aromatic N) is 2. The van der Waals surface area contributed by atoms with E-state index in [0.717, 1.165) is 10.7 Å². The Hall–Kier alpha value is -2.85. The molecule has 11 heteroatoms. The zero-order chi connectivity index (χ0) is 28.2. The predicted molar refractivity (Wildman–Crippen MR) is 145 cm³/mol. The Morgan fingerprint density at radius 2 is 1.76 bits per heavy atom. The van der Waals surface area contributed by atoms with Crippen molar-refractivity contribution in [3.63, 3.8) is 0 Å². The second kappa shape index (κ2) is 14.9. The summed E-state index contributed by atoms with van der Waals surface area (Å²) in [4.78, 5) is 28.6. The Kier molecular flexibility index (Phi) is 12.3. The number of carbonyl (C=O) groups is 2. The number of ether oxygens (including phenoxy) is 3. The number of sulfonamides is 1. The first-order valence-electron chi connectivity index (χ1n) is 12.5. The first-order chi connectivity index (χ1) is 17.9. The van der Waals surface area contributed by atoms with Gasteiger partial charge < -0.3 is 14.2 Å². The van der Waals surface area contributed by atoms with Gasteiger partial charge in [0.25, 0.3) is 10.0 Å². The van der Waals surface area contributed by atoms with Crippen LogP contribution >= 0.6 is 11.6 Å². The number of esters is 1. The fourth-order valence-corrected chi connectivity index (χ4v) is 5.14. The number of hydrogen-bond donors (Lipinski definition) is 0. The van der Waals surface area contributed by atoms with Gasteiger partial charge in [-0.15, -0.1) is 0 Å². The number of aromatic nitrogens is 1. The van der Waals surface area contributed by atoms with Crippen molar-refractivity contribution < 1.29 is 32.2 Å². The molecule has 0 bridgehead atoms. The summed E-state index contributed by atoms with van der Waals surface area (Å²) >= 11 is 5.91. The predicted octanol–water partition coefficient (Wildman–Crippen LogP) is 5.87. The summed E-state index contributed by atoms with van der Waals surface area (Å²) in [6.07, 6.45) is 5.74. The molecule has 0 saturated carbocycles. The summed E-state index contributed by atoms with van der Waals surface area (Å²) in [6, 6.07) is 9.25. The van der Waals surface area contributed by atoms with Gasteiger partial charge in [-0.2, -0.15) is 0 Å². The number of pyridine rings is 1. The van der Waals surface area contributed by atoms with Crippen LogP contribution in [0.4, 0.5) is 4.79 Å². The van der Waals surface area contributed by atoms with E-state index in [1.807, 2.05) is 6.07 Å². The summed E-state index contributed by atoms with van der Waals surface area (Å²) in [6.45, 7) is 5.44. The van der Waals surface area contributed by atoms with Crippen LogP contribution in [0.25, 0.3) is 0 Å². The quantitative estimate of drug-likeness (QED) is 0.205. The zero-order valence-corrected chi connectivity index (χ0v) is 24.0. The summed E-state index contributed by atoms with van der Waals surface area (Å²) in [7, 11) is -2.79. The Labute approximate surface area is 230 Å². The van der Waals surface area contributed by atoms with Crippen molar-refractivity contribution in [3.8, 4) is 5.75 Å². The van der Waals surface area contributed by atoms with Crippen molar-refractivity contribution in [2.45, 2.75) is 69.8 Å². The number of halogens is 1. The van der Waals surface area contributed by atoms with Crippen molar-refractivity contribution in [1.29, 1.82) is 0 Å². The molecular weight excluding hydrogens is 532 g/mol. The lowest BCUT2D eigenvalue weighted by Crippen LogP contribution is -2.41. The molecule has 2 aromatic rings. The third kappa shape index (κ3) is 10.9. The molecule has 1 heterocycles. The minimum atomic E-state index is -4.15. The first kappa shape index (κ1) is 31.4. The smallest absolute Gasteiger partial charge is 0.424 e. The summed E-state index contributed by atoms with van der Waals surface area (Å²) in [5, 5.41) is 0.387. The average Bonchev–Trinajstić information content (AvgIpc) is 2.86. The van der Waals surface area contributed by atoms with Gasteiger partial charge in [0.15, 0.2) is 0 Å². The highest BCUT2D eigenvalue weighted by atomic mass is 35.5. The van der Waals surface area contributed by atoms with E-state index < -0.39 is 21.7 Å². The number of rotatable bonds is 14. The Bertz CT molecular complexity index is 1120. The van der Waals surface area contributed by atoms with Gasteiger partial charge in [0.05, 0.1) is 24.8 Å². The van der Waals surface area contributed by atoms with Crippen LogP contribution in [0.1, 0.15) is 59.3 Å². The standard InChI is InChI=1S/C27H37ClN2O7S/c1-27(2,3)37-26(32)30(38(33,34)24-13-11-22(28)12-14-24)18-6-5-8-21(10-15-25(31)35-4)16-19-36-23-9-7-17-29-20-23/h7,9,11-14,17,20-21H,5-6,8,10,15-16,18-19H2,1-4H3/t21-/m1/s1. The van der Waals surface area contributed by atoms with E-state index in [1.54, 1.807) is 39.2 Å². The largest absolute Gasteiger partial charge is 0.492 e. The van der Waals surface area contributed by atoms with Crippen LogP contribution in [0.5, 0.6) is 5.75 Å². The van der Waals surface area contributed by atoms with Crippen molar-refractivity contribution in [1.82, 2.24) is 9.29 Å². The fraction of sp³-hybridized carbons (Fsp3) is 0.519. The molecule has 0 spiro atoms. The maximum atomic E-state index is 13.3. The van der Waals surface area contributed by atoms with E-state index in [-0.39, 0.29) is 29.7 Å². The van der Waals surface area contributed by atoms with Crippen molar-refractivity contribution in [2.24, 2.45) is 5.92 Å². The SMILES string of the molecule is COC(=O)CC[C@@H](CCCCN(C(=O)OC(C)(C)C)S(=O)(=O)c1ccc(Cl)cc1)CCOc1cccnc1. The molecule has 2 rings (SSSR count). The topological polar surface area (TPSA) is 112 Å². The second-order valence-corrected chi connectivity index (χ2v) is 12.1. The minimum Gasteiger partial charge on any atom is -0.492 e. The van der Waals surface area contributed by atoms with E-state index in [1.165, 1.54) is 31.4 Å². The van der Waals surface area contributed by atoms with Crippen molar-refractivity contribution in [2.75, 3.05) is 20.3 Å². The van der Waals surface area contributed by atoms with Crippen molar-refractivity contribution in [3.05, 3.63) is 53.8 Å². The molecule has 9 nitrogen and oxygen atoms in total. The van der Waals surface area contributed by atoms with Gasteiger partial charge in [-0.1, -0.05) is 24.4 Å². The molecule has 0 unspecified atom stereocenters. The highest BCUT2D eigenvalue weighted by molar-refractivity contribution is 7.89. The molecule has 0 aliphatic heterocycles. The fourth-order valence-electron chi connectivity index (χ4n) is 3.68. The number of carbonyl (C=O) groups excluding carboxylic acids is 2. The zero-order valence-electron chi connectivity index (χ0n) is 22.4. The van der Waals surface area contributed by atoms with Gasteiger partial charge in [0.1, 0.15) is 11.4 Å². The highest BCUT2D eigenvalue weighted by Gasteiger charge is 2.32. The molecular formula is C27H37ClN2O7S. The van der Waals surface area contributed by atoms with Gasteiger partial charge in [0.2, 0.25) is 0 Å². The summed E-state index contributed by atoms with van der Waals surface area (Å²) < 4.78 is 43.3. The molecule has 1 aromatic heterocycles. The van der Waals surface area contributed by atoms with Gasteiger partial charge in [-0.3, -0.25) is 9.78 Å². The van der Waals surface area contributed by atoms with Crippen LogP contribution < -0.4 is 4.74 Å². The minimum absolute atomic E-state index is 0.0451. The van der Waals surface area contributed by atoms with E-state index in [0.29, 0.717) is 43.1 Å². The Morgan fingerprint density at radius 1 is 1.05 bits per heavy atom. The van der Waals surface area contributed by atoms with Crippen molar-refractivity contribution >= 4 is 33.7 Å². The lowest BCUT2D eigenvalue weighted by molar-refractivity contribution is -0.141. The van der Waals surface area contributed by atoms with Crippen LogP contribution in [0.2, 0.25) is 5.02 Å². The lowest BCUT2D eigenvalue weighted by atomic mass is 9.93. The Morgan fingerprint density at radius 3 is 2.37 bits per heavy atom. The number of unbranched alkanes of at least 4 members (excludes halogenated alkanes) is 1. The molecule has 0 aliphatic rings. The molecule has 0 saturated heterocycles. The second-order valence-electron chi connectivity index (χ2n) is 9.81. The number of amides is 1. The maximum Gasteiger partial charge on any atom is 0.424 e. The lowest BCUT2D eigenvalue weighted by Gasteiger charge is -2.27. The number of benzene rings is 1. The normalized spacial score (nSPS) is 12.4. The van der Waals surface area contributed by atoms with Gasteiger partial charge >= 0.3 is 12.1 Å². The highest BCUT2D eigenvalue weighted by Crippen LogP contribution is 2.24. The van der Waals surface area contributed by atoms with E-state index >= 15 is 0 Å². The number of methoxy groups -OCH3 is 1. The van der Waals surface area contributed by atoms with Crippen LogP contribution in [-0.4, -0.2) is 55.6 Å². The molecule has 0 N–H and O–H groups in total. The number of hydrogen-bond acceptors (Lipinski definition) is 8. The molecule has 1 atom stereocenters. The molecule has 210 valence electrons. The first-order valence-corrected chi connectivity index (χ1v) is 14.3. The monoisotopic (exact) mass is 568 g/mol. The summed E-state index contributed by atoms with van der Waals surface area (Å²) in [5.74, 6) is 0.529. The third-order valence-corrected chi connectivity index (χ3v) is 7.67. The van der Waals surface area contributed by atoms with Gasteiger partial charge in [0, 0.05) is 24.2 Å². The van der Waals surface area contributed by atoms with Gasteiger partial charge in [-0.05, 0) is 82.3 Å². The molecule has 0 radical (unpaired) electrons.